The van der Waals surface area contributed by atoms with Crippen molar-refractivity contribution in [1.29, 1.82) is 0 Å². The fourth-order valence-electron chi connectivity index (χ4n) is 10.3. The lowest BCUT2D eigenvalue weighted by Gasteiger charge is -2.35. The summed E-state index contributed by atoms with van der Waals surface area (Å²) in [5.41, 5.74) is 6.05. The Kier molecular flexibility index (Phi) is 18.1. The first-order valence-electron chi connectivity index (χ1n) is 26.3. The molecule has 0 radical (unpaired) electrons. The molecule has 6 aromatic rings. The number of thiophene rings is 1. The minimum absolute atomic E-state index is 0.0227. The van der Waals surface area contributed by atoms with E-state index in [1.807, 2.05) is 76.5 Å². The third-order valence-corrected chi connectivity index (χ3v) is 16.9. The minimum Gasteiger partial charge on any atom is -0.508 e. The van der Waals surface area contributed by atoms with Crippen molar-refractivity contribution < 1.29 is 39.2 Å². The van der Waals surface area contributed by atoms with Gasteiger partial charge in [0.25, 0.3) is 0 Å². The summed E-state index contributed by atoms with van der Waals surface area (Å²) in [5.74, 6) is 0.564. The highest BCUT2D eigenvalue weighted by Crippen LogP contribution is 2.42. The van der Waals surface area contributed by atoms with Gasteiger partial charge >= 0.3 is 0 Å². The van der Waals surface area contributed by atoms with Gasteiger partial charge in [0.1, 0.15) is 35.9 Å². The van der Waals surface area contributed by atoms with E-state index in [-0.39, 0.29) is 60.4 Å². The number of aryl methyl sites for hydroxylation is 1. The van der Waals surface area contributed by atoms with Gasteiger partial charge in [0.05, 0.1) is 28.2 Å². The maximum atomic E-state index is 14.2. The van der Waals surface area contributed by atoms with E-state index in [1.54, 1.807) is 65.9 Å². The third kappa shape index (κ3) is 13.8. The molecule has 2 saturated heterocycles. The molecule has 16 heteroatoms. The standard InChI is InChI=1S/C59H72N6O8S2/c1-7-63(31-32-73-47-21-16-41(17-22-47)53(70)52-48-23-20-45(67)34-50(48)75-55(52)43-14-18-44(66)19-15-43)28-24-39-25-29-64(30-26-39)27-8-9-51(69)62-56(59(4,5)6)58(72)65-35-46(68)33-49(65)57(71)61-37(2)40-10-12-42(13-11-40)54-38(3)60-36-74-54/h10-23,34,36-37,39,46,49,56,66-68H,7-9,24-33,35H2,1-6H3,(H,61,71)(H,62,69)/t37?,46-,49+,56?/m1/s1. The summed E-state index contributed by atoms with van der Waals surface area (Å²) in [7, 11) is 0. The number of nitrogens with one attached hydrogen (secondary N) is 2. The van der Waals surface area contributed by atoms with Crippen molar-refractivity contribution in [3.05, 3.63) is 119 Å². The molecule has 2 unspecified atom stereocenters. The number of likely N-dealkylation sites (tertiary alicyclic amines) is 2. The van der Waals surface area contributed by atoms with Crippen molar-refractivity contribution in [1.82, 2.24) is 30.3 Å². The van der Waals surface area contributed by atoms with Gasteiger partial charge in [0.2, 0.25) is 17.7 Å². The Morgan fingerprint density at radius 1 is 0.880 bits per heavy atom. The molecular weight excluding hydrogens is 985 g/mol. The molecule has 0 spiro atoms. The molecule has 5 N–H and O–H groups in total. The first-order chi connectivity index (χ1) is 35.9. The Hall–Kier alpha value is -6.17. The molecule has 0 saturated carbocycles. The van der Waals surface area contributed by atoms with Crippen LogP contribution in [0.1, 0.15) is 106 Å². The topological polar surface area (TPSA) is 185 Å². The highest BCUT2D eigenvalue weighted by atomic mass is 32.1. The summed E-state index contributed by atoms with van der Waals surface area (Å²) >= 11 is 3.02. The predicted molar refractivity (Wildman–Crippen MR) is 297 cm³/mol. The molecule has 4 aromatic carbocycles. The summed E-state index contributed by atoms with van der Waals surface area (Å²) in [6, 6.07) is 25.0. The number of amides is 3. The van der Waals surface area contributed by atoms with Crippen LogP contribution in [0.25, 0.3) is 31.0 Å². The van der Waals surface area contributed by atoms with Gasteiger partial charge in [-0.15, -0.1) is 22.7 Å². The SMILES string of the molecule is CCN(CCOc1ccc(C(=O)c2c(-c3ccc(O)cc3)sc3cc(O)ccc23)cc1)CCC1CCN(CCCC(=O)NC(C(=O)N2C[C@H](O)C[C@H]2C(=O)NC(C)c2ccc(-c3scnc3C)cc2)C(C)(C)C)CC1. The Bertz CT molecular complexity index is 2910. The zero-order valence-electron chi connectivity index (χ0n) is 44.0. The van der Waals surface area contributed by atoms with Crippen LogP contribution in [0.2, 0.25) is 0 Å². The van der Waals surface area contributed by atoms with Crippen LogP contribution < -0.4 is 15.4 Å². The number of aromatic hydroxyl groups is 2. The molecular formula is C59H72N6O8S2. The van der Waals surface area contributed by atoms with Crippen LogP contribution in [0.5, 0.6) is 17.2 Å². The highest BCUT2D eigenvalue weighted by molar-refractivity contribution is 7.22. The smallest absolute Gasteiger partial charge is 0.246 e. The Morgan fingerprint density at radius 2 is 1.56 bits per heavy atom. The van der Waals surface area contributed by atoms with Crippen LogP contribution in [0.4, 0.5) is 0 Å². The molecule has 8 rings (SSSR count). The zero-order valence-corrected chi connectivity index (χ0v) is 45.6. The second-order valence-electron chi connectivity index (χ2n) is 21.2. The lowest BCUT2D eigenvalue weighted by molar-refractivity contribution is -0.144. The number of aliphatic hydroxyl groups is 1. The highest BCUT2D eigenvalue weighted by Gasteiger charge is 2.44. The molecule has 2 aromatic heterocycles. The average Bonchev–Trinajstić information content (AvgIpc) is 4.13. The predicted octanol–water partition coefficient (Wildman–Crippen LogP) is 9.60. The summed E-state index contributed by atoms with van der Waals surface area (Å²) in [4.78, 5) is 68.0. The molecule has 4 atom stereocenters. The molecule has 75 heavy (non-hydrogen) atoms. The summed E-state index contributed by atoms with van der Waals surface area (Å²) in [5, 5.41) is 37.6. The molecule has 4 heterocycles. The molecule has 14 nitrogen and oxygen atoms in total. The van der Waals surface area contributed by atoms with E-state index in [1.165, 1.54) is 16.2 Å². The Morgan fingerprint density at radius 3 is 2.23 bits per heavy atom. The molecule has 0 bridgehead atoms. The van der Waals surface area contributed by atoms with Crippen LogP contribution in [-0.2, 0) is 14.4 Å². The number of fused-ring (bicyclic) bond motifs is 1. The first-order valence-corrected chi connectivity index (χ1v) is 28.0. The van der Waals surface area contributed by atoms with E-state index in [9.17, 15) is 34.5 Å². The molecule has 2 fully saturated rings. The van der Waals surface area contributed by atoms with Gasteiger partial charge in [-0.2, -0.15) is 0 Å². The van der Waals surface area contributed by atoms with Crippen molar-refractivity contribution in [3.63, 3.8) is 0 Å². The summed E-state index contributed by atoms with van der Waals surface area (Å²) < 4.78 is 6.96. The lowest BCUT2D eigenvalue weighted by atomic mass is 9.85. The third-order valence-electron chi connectivity index (χ3n) is 14.8. The number of β-amino-alcohol motifs (C(OH)–C–C–N with tert-alkyl or cyclic N) is 1. The Labute approximate surface area is 448 Å². The number of thiazole rings is 1. The number of likely N-dealkylation sites (N-methyl/N-ethyl adjacent to an activating group) is 1. The molecule has 3 amide bonds. The van der Waals surface area contributed by atoms with Crippen LogP contribution in [-0.4, -0.2) is 129 Å². The normalized spacial score (nSPS) is 17.3. The van der Waals surface area contributed by atoms with Crippen molar-refractivity contribution in [2.75, 3.05) is 52.4 Å². The fraction of sp³-hybridized carbons (Fsp3) is 0.441. The summed E-state index contributed by atoms with van der Waals surface area (Å²) in [6.07, 6.45) is 3.52. The number of nitrogens with zero attached hydrogens (tertiary/aromatic N) is 4. The fourth-order valence-corrected chi connectivity index (χ4v) is 12.3. The molecule has 2 aliphatic heterocycles. The number of hydrogen-bond donors (Lipinski definition) is 5. The van der Waals surface area contributed by atoms with Gasteiger partial charge < -0.3 is 45.4 Å². The lowest BCUT2D eigenvalue weighted by Crippen LogP contribution is -2.57. The number of rotatable bonds is 21. The van der Waals surface area contributed by atoms with E-state index in [0.29, 0.717) is 35.8 Å². The number of carbonyl (C=O) groups excluding carboxylic acids is 4. The van der Waals surface area contributed by atoms with Crippen LogP contribution in [0.15, 0.2) is 96.5 Å². The largest absolute Gasteiger partial charge is 0.508 e. The number of hydrogen-bond acceptors (Lipinski definition) is 13. The van der Waals surface area contributed by atoms with Crippen molar-refractivity contribution in [2.24, 2.45) is 11.3 Å². The first kappa shape index (κ1) is 55.1. The van der Waals surface area contributed by atoms with Crippen LogP contribution >= 0.6 is 22.7 Å². The van der Waals surface area contributed by atoms with Gasteiger partial charge in [-0.1, -0.05) is 52.0 Å². The number of ether oxygens (including phenoxy) is 1. The molecule has 0 aliphatic carbocycles. The van der Waals surface area contributed by atoms with E-state index in [4.69, 9.17) is 4.74 Å². The second-order valence-corrected chi connectivity index (χ2v) is 23.1. The number of benzene rings is 4. The van der Waals surface area contributed by atoms with E-state index < -0.39 is 23.6 Å². The minimum atomic E-state index is -0.870. The quantitative estimate of drug-likeness (QED) is 0.0433. The maximum Gasteiger partial charge on any atom is 0.246 e. The van der Waals surface area contributed by atoms with Crippen molar-refractivity contribution >= 4 is 56.3 Å². The zero-order chi connectivity index (χ0) is 53.4. The molecule has 398 valence electrons. The second kappa shape index (κ2) is 24.7. The number of phenols is 2. The van der Waals surface area contributed by atoms with E-state index in [0.717, 1.165) is 101 Å². The monoisotopic (exact) mass is 1060 g/mol. The molecule has 2 aliphatic rings. The van der Waals surface area contributed by atoms with Gasteiger partial charge in [0.15, 0.2) is 5.78 Å². The van der Waals surface area contributed by atoms with Gasteiger partial charge in [-0.3, -0.25) is 19.2 Å². The average molecular weight is 1060 g/mol. The number of aliphatic hydroxyl groups excluding tert-OH is 1. The van der Waals surface area contributed by atoms with Crippen molar-refractivity contribution in [2.45, 2.75) is 104 Å². The number of piperidine rings is 1. The van der Waals surface area contributed by atoms with Gasteiger partial charge in [0, 0.05) is 52.0 Å². The van der Waals surface area contributed by atoms with Gasteiger partial charge in [-0.05, 0) is 167 Å². The van der Waals surface area contributed by atoms with Gasteiger partial charge in [-0.25, -0.2) is 4.98 Å². The summed E-state index contributed by atoms with van der Waals surface area (Å²) in [6.45, 7) is 17.7. The number of ketones is 1. The van der Waals surface area contributed by atoms with Crippen LogP contribution in [0.3, 0.4) is 0 Å². The van der Waals surface area contributed by atoms with Crippen LogP contribution in [0, 0.1) is 18.3 Å². The number of aromatic nitrogens is 1. The Balaban J connectivity index is 0.741. The van der Waals surface area contributed by atoms with Crippen molar-refractivity contribution in [3.8, 4) is 38.1 Å². The maximum absolute atomic E-state index is 14.2. The number of carbonyl (C=O) groups is 4. The van der Waals surface area contributed by atoms with E-state index >= 15 is 0 Å². The van der Waals surface area contributed by atoms with E-state index in [2.05, 4.69) is 32.3 Å². The number of phenolic OH excluding ortho intramolecular Hbond substituents is 2.